The van der Waals surface area contributed by atoms with Crippen molar-refractivity contribution in [2.75, 3.05) is 13.2 Å². The van der Waals surface area contributed by atoms with E-state index >= 15 is 0 Å². The Kier molecular flexibility index (Phi) is 51.0. The van der Waals surface area contributed by atoms with Crippen LogP contribution in [0.3, 0.4) is 0 Å². The van der Waals surface area contributed by atoms with E-state index in [0.29, 0.717) is 19.3 Å². The van der Waals surface area contributed by atoms with Crippen LogP contribution in [0.4, 0.5) is 0 Å². The van der Waals surface area contributed by atoms with Crippen LogP contribution in [0, 0.1) is 0 Å². The molecule has 0 aliphatic carbocycles. The Labute approximate surface area is 412 Å². The van der Waals surface area contributed by atoms with Crippen LogP contribution < -0.4 is 0 Å². The van der Waals surface area contributed by atoms with Crippen molar-refractivity contribution in [1.29, 1.82) is 0 Å². The fourth-order valence-electron chi connectivity index (χ4n) is 7.10. The molecule has 1 unspecified atom stereocenters. The summed E-state index contributed by atoms with van der Waals surface area (Å²) in [6.07, 6.45) is 74.9. The number of esters is 3. The molecular weight excluding hydrogens is 829 g/mol. The van der Waals surface area contributed by atoms with Crippen LogP contribution in [0.25, 0.3) is 0 Å². The van der Waals surface area contributed by atoms with Crippen LogP contribution in [0.15, 0.2) is 122 Å². The van der Waals surface area contributed by atoms with Crippen LogP contribution in [0.5, 0.6) is 0 Å². The van der Waals surface area contributed by atoms with Gasteiger partial charge >= 0.3 is 17.9 Å². The number of hydrogen-bond acceptors (Lipinski definition) is 6. The molecule has 0 aromatic heterocycles. The summed E-state index contributed by atoms with van der Waals surface area (Å²) in [5.41, 5.74) is 0. The molecule has 378 valence electrons. The Bertz CT molecular complexity index is 1440. The lowest BCUT2D eigenvalue weighted by Crippen LogP contribution is -2.30. The molecule has 1 atom stereocenters. The maximum atomic E-state index is 12.8. The van der Waals surface area contributed by atoms with E-state index < -0.39 is 6.10 Å². The van der Waals surface area contributed by atoms with E-state index in [1.54, 1.807) is 0 Å². The minimum atomic E-state index is -0.838. The largest absolute Gasteiger partial charge is 0.462 e. The second-order valence-electron chi connectivity index (χ2n) is 17.5. The minimum absolute atomic E-state index is 0.125. The zero-order valence-corrected chi connectivity index (χ0v) is 43.1. The Morgan fingerprint density at radius 1 is 0.328 bits per heavy atom. The summed E-state index contributed by atoms with van der Waals surface area (Å²) in [4.78, 5) is 38.0. The molecule has 0 N–H and O–H groups in total. The number of carbonyl (C=O) groups is 3. The summed E-state index contributed by atoms with van der Waals surface area (Å²) < 4.78 is 16.7. The lowest BCUT2D eigenvalue weighted by molar-refractivity contribution is -0.167. The van der Waals surface area contributed by atoms with Crippen LogP contribution in [-0.2, 0) is 28.6 Å². The summed E-state index contributed by atoms with van der Waals surface area (Å²) in [5, 5.41) is 0. The van der Waals surface area contributed by atoms with Gasteiger partial charge in [0.1, 0.15) is 13.2 Å². The van der Waals surface area contributed by atoms with Gasteiger partial charge < -0.3 is 14.2 Å². The van der Waals surface area contributed by atoms with E-state index in [-0.39, 0.29) is 44.0 Å². The SMILES string of the molecule is CC\C=C/C=C\C=C/C=C\C=C/CCCC(=O)OCC(COC(=O)CCCCCCCCCCCCCCCCCCCCC)OC(=O)CCC/C=C\C/C=C\C/C=C\C/C=C\C/C=C\CC. The summed E-state index contributed by atoms with van der Waals surface area (Å²) in [5.74, 6) is -1.06. The highest BCUT2D eigenvalue weighted by atomic mass is 16.6. The smallest absolute Gasteiger partial charge is 0.306 e. The molecule has 0 rings (SSSR count). The quantitative estimate of drug-likeness (QED) is 0.0199. The van der Waals surface area contributed by atoms with Gasteiger partial charge in [-0.2, -0.15) is 0 Å². The van der Waals surface area contributed by atoms with Gasteiger partial charge in [0.2, 0.25) is 0 Å². The van der Waals surface area contributed by atoms with E-state index in [9.17, 15) is 14.4 Å². The van der Waals surface area contributed by atoms with Crippen LogP contribution in [-0.4, -0.2) is 37.2 Å². The molecule has 67 heavy (non-hydrogen) atoms. The zero-order valence-electron chi connectivity index (χ0n) is 43.1. The van der Waals surface area contributed by atoms with Gasteiger partial charge in [-0.25, -0.2) is 0 Å². The molecular formula is C61H98O6. The maximum Gasteiger partial charge on any atom is 0.306 e. The van der Waals surface area contributed by atoms with Crippen molar-refractivity contribution >= 4 is 17.9 Å². The molecule has 6 heteroatoms. The third-order valence-electron chi connectivity index (χ3n) is 11.1. The summed E-state index contributed by atoms with van der Waals surface area (Å²) >= 11 is 0. The van der Waals surface area contributed by atoms with Gasteiger partial charge in [0, 0.05) is 19.3 Å². The Balaban J connectivity index is 4.52. The fourth-order valence-corrected chi connectivity index (χ4v) is 7.10. The molecule has 0 bridgehead atoms. The third kappa shape index (κ3) is 52.6. The van der Waals surface area contributed by atoms with E-state index in [1.807, 2.05) is 54.7 Å². The summed E-state index contributed by atoms with van der Waals surface area (Å²) in [7, 11) is 0. The number of allylic oxidation sites excluding steroid dienone is 20. The van der Waals surface area contributed by atoms with Crippen molar-refractivity contribution in [1.82, 2.24) is 0 Å². The lowest BCUT2D eigenvalue weighted by atomic mass is 10.0. The van der Waals surface area contributed by atoms with Gasteiger partial charge in [-0.1, -0.05) is 258 Å². The predicted molar refractivity (Wildman–Crippen MR) is 288 cm³/mol. The molecule has 0 fully saturated rings. The van der Waals surface area contributed by atoms with Crippen LogP contribution in [0.2, 0.25) is 0 Å². The number of ether oxygens (including phenoxy) is 3. The van der Waals surface area contributed by atoms with Crippen molar-refractivity contribution in [3.05, 3.63) is 122 Å². The third-order valence-corrected chi connectivity index (χ3v) is 11.1. The standard InChI is InChI=1S/C61H98O6/c1-4-7-10-13-16-19-22-25-27-29-30-32-33-36-39-42-45-48-51-54-60(63)66-57-58(56-65-59(62)53-50-47-44-41-38-35-24-21-18-15-12-9-6-3)67-61(64)55-52-49-46-43-40-37-34-31-28-26-23-20-17-14-11-8-5-2/h8-9,11-12,15,17-18,20-21,24,26,28,34-35,37-38,41,43-44,46,58H,4-7,10,13-14,16,19,22-23,25,27,29-33,36,39-40,42,45,47-57H2,1-3H3/b11-8-,12-9-,18-15-,20-17-,24-21-,28-26-,37-34-,38-35-,44-41-,46-43-. The average Bonchev–Trinajstić information content (AvgIpc) is 3.33. The molecule has 0 spiro atoms. The van der Waals surface area contributed by atoms with Crippen molar-refractivity contribution in [2.24, 2.45) is 0 Å². The lowest BCUT2D eigenvalue weighted by Gasteiger charge is -2.18. The highest BCUT2D eigenvalue weighted by Gasteiger charge is 2.19. The first-order chi connectivity index (χ1) is 33.0. The van der Waals surface area contributed by atoms with Crippen molar-refractivity contribution in [2.45, 2.75) is 232 Å². The molecule has 0 aromatic rings. The topological polar surface area (TPSA) is 78.9 Å². The molecule has 0 saturated heterocycles. The monoisotopic (exact) mass is 927 g/mol. The van der Waals surface area contributed by atoms with Gasteiger partial charge in [-0.15, -0.1) is 0 Å². The van der Waals surface area contributed by atoms with Crippen molar-refractivity contribution < 1.29 is 28.6 Å². The molecule has 6 nitrogen and oxygen atoms in total. The predicted octanol–water partition coefficient (Wildman–Crippen LogP) is 18.1. The number of hydrogen-bond donors (Lipinski definition) is 0. The number of carbonyl (C=O) groups excluding carboxylic acids is 3. The molecule has 0 amide bonds. The summed E-state index contributed by atoms with van der Waals surface area (Å²) in [6, 6.07) is 0. The molecule has 0 radical (unpaired) electrons. The van der Waals surface area contributed by atoms with Crippen molar-refractivity contribution in [3.63, 3.8) is 0 Å². The molecule has 0 heterocycles. The summed E-state index contributed by atoms with van der Waals surface area (Å²) in [6.45, 7) is 6.27. The first-order valence-electron chi connectivity index (χ1n) is 27.1. The van der Waals surface area contributed by atoms with Gasteiger partial charge in [0.05, 0.1) is 0 Å². The normalized spacial score (nSPS) is 13.1. The fraction of sp³-hybridized carbons (Fsp3) is 0.623. The Hall–Kier alpha value is -4.19. The minimum Gasteiger partial charge on any atom is -0.462 e. The Morgan fingerprint density at radius 2 is 0.657 bits per heavy atom. The van der Waals surface area contributed by atoms with Gasteiger partial charge in [0.15, 0.2) is 6.10 Å². The van der Waals surface area contributed by atoms with Gasteiger partial charge in [0.25, 0.3) is 0 Å². The maximum absolute atomic E-state index is 12.8. The zero-order chi connectivity index (χ0) is 48.6. The second kappa shape index (κ2) is 54.4. The van der Waals surface area contributed by atoms with E-state index in [0.717, 1.165) is 70.6 Å². The van der Waals surface area contributed by atoms with Crippen molar-refractivity contribution in [3.8, 4) is 0 Å². The number of unbranched alkanes of at least 4 members (excludes halogenated alkanes) is 20. The first-order valence-corrected chi connectivity index (χ1v) is 27.1. The highest BCUT2D eigenvalue weighted by Crippen LogP contribution is 2.15. The van der Waals surface area contributed by atoms with E-state index in [1.165, 1.54) is 103 Å². The average molecular weight is 927 g/mol. The van der Waals surface area contributed by atoms with E-state index in [4.69, 9.17) is 14.2 Å². The molecule has 0 aromatic carbocycles. The Morgan fingerprint density at radius 3 is 1.09 bits per heavy atom. The van der Waals surface area contributed by atoms with E-state index in [2.05, 4.69) is 87.6 Å². The molecule has 0 aliphatic rings. The molecule has 0 aliphatic heterocycles. The van der Waals surface area contributed by atoms with Gasteiger partial charge in [-0.05, 0) is 70.6 Å². The first kappa shape index (κ1) is 62.8. The van der Waals surface area contributed by atoms with Gasteiger partial charge in [-0.3, -0.25) is 14.4 Å². The molecule has 0 saturated carbocycles. The van der Waals surface area contributed by atoms with Crippen LogP contribution in [0.1, 0.15) is 226 Å². The van der Waals surface area contributed by atoms with Crippen LogP contribution >= 0.6 is 0 Å². The number of rotatable bonds is 47. The second-order valence-corrected chi connectivity index (χ2v) is 17.5. The highest BCUT2D eigenvalue weighted by molar-refractivity contribution is 5.71.